The van der Waals surface area contributed by atoms with Crippen LogP contribution in [0.3, 0.4) is 0 Å². The van der Waals surface area contributed by atoms with E-state index >= 15 is 0 Å². The number of nitrogens with zero attached hydrogens (tertiary/aromatic N) is 2. The summed E-state index contributed by atoms with van der Waals surface area (Å²) in [5.41, 5.74) is 8.18. The van der Waals surface area contributed by atoms with Crippen LogP contribution in [0, 0.1) is 0 Å². The third-order valence-electron chi connectivity index (χ3n) is 7.88. The lowest BCUT2D eigenvalue weighted by Crippen LogP contribution is -2.52. The molecule has 4 rings (SSSR count). The molecule has 0 fully saturated rings. The van der Waals surface area contributed by atoms with Gasteiger partial charge in [-0.2, -0.15) is 0 Å². The lowest BCUT2D eigenvalue weighted by Gasteiger charge is -2.40. The van der Waals surface area contributed by atoms with Crippen LogP contribution < -0.4 is 11.1 Å². The van der Waals surface area contributed by atoms with Gasteiger partial charge in [-0.15, -0.1) is 0 Å². The molecule has 4 N–H and O–H groups in total. The van der Waals surface area contributed by atoms with Crippen LogP contribution in [0.2, 0.25) is 0 Å². The first kappa shape index (κ1) is 25.9. The Balaban J connectivity index is 1.62. The molecule has 0 saturated carbocycles. The number of guanidine groups is 1. The number of hydrogen-bond donors (Lipinski definition) is 3. The highest BCUT2D eigenvalue weighted by Crippen LogP contribution is 2.39. The van der Waals surface area contributed by atoms with Crippen molar-refractivity contribution in [3.05, 3.63) is 70.8 Å². The molecule has 2 amide bonds. The van der Waals surface area contributed by atoms with Gasteiger partial charge in [0.15, 0.2) is 5.96 Å². The SMILES string of the molecule is CCC[C@H](c1cccc(C(=O)N[C@@H]2c3ccccc3CC2(C)O)c1)N1C(=O)CC(CC)(CC)N=C1N. The monoisotopic (exact) mass is 490 g/mol. The number of benzene rings is 2. The fraction of sp³-hybridized carbons (Fsp3) is 0.483. The number of aliphatic imine (C=N–C) groups is 1. The molecule has 0 aromatic heterocycles. The third-order valence-corrected chi connectivity index (χ3v) is 7.88. The van der Waals surface area contributed by atoms with Crippen molar-refractivity contribution in [3.63, 3.8) is 0 Å². The smallest absolute Gasteiger partial charge is 0.251 e. The van der Waals surface area contributed by atoms with E-state index in [1.54, 1.807) is 17.9 Å². The van der Waals surface area contributed by atoms with E-state index in [1.807, 2.05) is 56.3 Å². The van der Waals surface area contributed by atoms with Gasteiger partial charge in [0.1, 0.15) is 0 Å². The number of carbonyl (C=O) groups is 2. The van der Waals surface area contributed by atoms with Crippen molar-refractivity contribution in [1.82, 2.24) is 10.2 Å². The molecule has 3 atom stereocenters. The molecule has 0 radical (unpaired) electrons. The number of carbonyl (C=O) groups excluding carboxylic acids is 2. The number of rotatable bonds is 8. The normalized spacial score (nSPS) is 23.7. The maximum absolute atomic E-state index is 13.3. The minimum Gasteiger partial charge on any atom is -0.387 e. The standard InChI is InChI=1S/C29H38N4O3/c1-5-11-23(33-24(34)18-29(6-2,7-3)32-27(33)30)19-13-10-14-20(16-19)26(35)31-25-22-15-9-8-12-21(22)17-28(25,4)36/h8-10,12-16,23,25,36H,5-7,11,17-18H2,1-4H3,(H2,30,32)(H,31,35)/t23-,25-,28?/m1/s1. The molecule has 36 heavy (non-hydrogen) atoms. The molecule has 7 heteroatoms. The highest BCUT2D eigenvalue weighted by Gasteiger charge is 2.42. The average Bonchev–Trinajstić information content (AvgIpc) is 3.12. The van der Waals surface area contributed by atoms with Crippen molar-refractivity contribution in [2.75, 3.05) is 0 Å². The summed E-state index contributed by atoms with van der Waals surface area (Å²) in [6, 6.07) is 14.3. The van der Waals surface area contributed by atoms with Crippen LogP contribution in [0.15, 0.2) is 53.5 Å². The van der Waals surface area contributed by atoms with E-state index in [1.165, 1.54) is 0 Å². The number of amides is 2. The Hall–Kier alpha value is -3.19. The predicted molar refractivity (Wildman–Crippen MR) is 141 cm³/mol. The predicted octanol–water partition coefficient (Wildman–Crippen LogP) is 4.41. The van der Waals surface area contributed by atoms with Crippen molar-refractivity contribution in [1.29, 1.82) is 0 Å². The topological polar surface area (TPSA) is 108 Å². The van der Waals surface area contributed by atoms with E-state index in [-0.39, 0.29) is 23.8 Å². The molecule has 2 aliphatic rings. The van der Waals surface area contributed by atoms with Crippen LogP contribution in [-0.2, 0) is 11.2 Å². The van der Waals surface area contributed by atoms with Crippen LogP contribution in [-0.4, -0.2) is 38.9 Å². The summed E-state index contributed by atoms with van der Waals surface area (Å²) in [5, 5.41) is 14.1. The molecule has 0 spiro atoms. The molecule has 192 valence electrons. The van der Waals surface area contributed by atoms with Gasteiger partial charge < -0.3 is 16.2 Å². The molecule has 2 aromatic rings. The van der Waals surface area contributed by atoms with Gasteiger partial charge in [0.25, 0.3) is 5.91 Å². The van der Waals surface area contributed by atoms with Crippen molar-refractivity contribution >= 4 is 17.8 Å². The zero-order valence-corrected chi connectivity index (χ0v) is 21.8. The number of aliphatic hydroxyl groups is 1. The van der Waals surface area contributed by atoms with Gasteiger partial charge in [0, 0.05) is 12.0 Å². The number of hydrogen-bond acceptors (Lipinski definition) is 5. The Kier molecular flexibility index (Phi) is 7.23. The van der Waals surface area contributed by atoms with E-state index in [2.05, 4.69) is 12.2 Å². The fourth-order valence-corrected chi connectivity index (χ4v) is 5.67. The van der Waals surface area contributed by atoms with Crippen LogP contribution in [0.5, 0.6) is 0 Å². The maximum atomic E-state index is 13.3. The van der Waals surface area contributed by atoms with E-state index in [0.29, 0.717) is 24.8 Å². The van der Waals surface area contributed by atoms with Gasteiger partial charge in [-0.05, 0) is 55.0 Å². The molecule has 2 aromatic carbocycles. The zero-order valence-electron chi connectivity index (χ0n) is 21.8. The molecule has 1 heterocycles. The second-order valence-electron chi connectivity index (χ2n) is 10.4. The molecule has 1 aliphatic heterocycles. The Labute approximate surface area is 213 Å². The Morgan fingerprint density at radius 1 is 1.17 bits per heavy atom. The van der Waals surface area contributed by atoms with Gasteiger partial charge in [-0.3, -0.25) is 14.5 Å². The van der Waals surface area contributed by atoms with Crippen LogP contribution in [0.1, 0.15) is 98.9 Å². The lowest BCUT2D eigenvalue weighted by atomic mass is 9.87. The fourth-order valence-electron chi connectivity index (χ4n) is 5.67. The van der Waals surface area contributed by atoms with Crippen molar-refractivity contribution < 1.29 is 14.7 Å². The first-order valence-corrected chi connectivity index (χ1v) is 13.0. The quantitative estimate of drug-likeness (QED) is 0.509. The largest absolute Gasteiger partial charge is 0.387 e. The molecular weight excluding hydrogens is 452 g/mol. The molecule has 0 saturated heterocycles. The van der Waals surface area contributed by atoms with Gasteiger partial charge in [0.05, 0.1) is 29.6 Å². The second-order valence-corrected chi connectivity index (χ2v) is 10.4. The van der Waals surface area contributed by atoms with E-state index in [4.69, 9.17) is 10.7 Å². The highest BCUT2D eigenvalue weighted by molar-refractivity contribution is 6.00. The van der Waals surface area contributed by atoms with Crippen molar-refractivity contribution in [2.24, 2.45) is 10.7 Å². The summed E-state index contributed by atoms with van der Waals surface area (Å²) in [5.74, 6) is -0.0448. The molecular formula is C29H38N4O3. The van der Waals surface area contributed by atoms with Gasteiger partial charge >= 0.3 is 0 Å². The minimum absolute atomic E-state index is 0.0295. The van der Waals surface area contributed by atoms with Gasteiger partial charge in [0.2, 0.25) is 5.91 Å². The van der Waals surface area contributed by atoms with Crippen LogP contribution in [0.25, 0.3) is 0 Å². The van der Waals surface area contributed by atoms with Gasteiger partial charge in [-0.1, -0.05) is 63.6 Å². The lowest BCUT2D eigenvalue weighted by molar-refractivity contribution is -0.131. The summed E-state index contributed by atoms with van der Waals surface area (Å²) in [6.45, 7) is 7.89. The Morgan fingerprint density at radius 3 is 2.56 bits per heavy atom. The maximum Gasteiger partial charge on any atom is 0.251 e. The average molecular weight is 491 g/mol. The summed E-state index contributed by atoms with van der Waals surface area (Å²) < 4.78 is 0. The van der Waals surface area contributed by atoms with Crippen molar-refractivity contribution in [2.45, 2.75) is 89.4 Å². The van der Waals surface area contributed by atoms with Crippen LogP contribution in [0.4, 0.5) is 0 Å². The molecule has 1 unspecified atom stereocenters. The Morgan fingerprint density at radius 2 is 1.89 bits per heavy atom. The van der Waals surface area contributed by atoms with Gasteiger partial charge in [-0.25, -0.2) is 4.99 Å². The highest BCUT2D eigenvalue weighted by atomic mass is 16.3. The summed E-state index contributed by atoms with van der Waals surface area (Å²) >= 11 is 0. The van der Waals surface area contributed by atoms with E-state index in [9.17, 15) is 14.7 Å². The summed E-state index contributed by atoms with van der Waals surface area (Å²) in [6.07, 6.45) is 3.87. The number of nitrogens with one attached hydrogen (secondary N) is 1. The van der Waals surface area contributed by atoms with Crippen molar-refractivity contribution in [3.8, 4) is 0 Å². The molecule has 7 nitrogen and oxygen atoms in total. The minimum atomic E-state index is -1.07. The number of nitrogens with two attached hydrogens (primary N) is 1. The first-order valence-electron chi connectivity index (χ1n) is 13.0. The van der Waals surface area contributed by atoms with E-state index < -0.39 is 17.2 Å². The molecule has 1 aliphatic carbocycles. The zero-order chi connectivity index (χ0) is 26.1. The summed E-state index contributed by atoms with van der Waals surface area (Å²) in [4.78, 5) is 33.1. The molecule has 0 bridgehead atoms. The van der Waals surface area contributed by atoms with E-state index in [0.717, 1.165) is 36.0 Å². The first-order chi connectivity index (χ1) is 17.1. The summed E-state index contributed by atoms with van der Waals surface area (Å²) in [7, 11) is 0. The van der Waals surface area contributed by atoms with Crippen LogP contribution >= 0.6 is 0 Å². The Bertz CT molecular complexity index is 1170. The second kappa shape index (κ2) is 10.1. The third kappa shape index (κ3) is 4.76. The number of fused-ring (bicyclic) bond motifs is 1.